The summed E-state index contributed by atoms with van der Waals surface area (Å²) in [6.45, 7) is 0. The Morgan fingerprint density at radius 3 is 1.50 bits per heavy atom. The minimum absolute atomic E-state index is 0. The molecule has 40 valence electrons. The Morgan fingerprint density at radius 2 is 1.50 bits per heavy atom. The third kappa shape index (κ3) is 51.0. The van der Waals surface area contributed by atoms with Gasteiger partial charge >= 0.3 is 9.33 Å². The molecule has 0 saturated heterocycles. The molecule has 0 unspecified atom stereocenters. The van der Waals surface area contributed by atoms with Crippen molar-refractivity contribution in [1.29, 1.82) is 0 Å². The molecule has 0 aliphatic rings. The molecule has 6 heteroatoms. The Morgan fingerprint density at radius 1 is 1.50 bits per heavy atom. The Balaban J connectivity index is 0. The van der Waals surface area contributed by atoms with Crippen molar-refractivity contribution >= 4 is 20.0 Å². The van der Waals surface area contributed by atoms with Crippen LogP contribution in [0.2, 0.25) is 0 Å². The van der Waals surface area contributed by atoms with Crippen molar-refractivity contribution in [2.75, 3.05) is 0 Å². The zero-order valence-corrected chi connectivity index (χ0v) is 4.68. The molecule has 0 fully saturated rings. The number of rotatable bonds is 0. The average molecular weight is 156 g/mol. The van der Waals surface area contributed by atoms with Gasteiger partial charge in [0, 0.05) is 48.4 Å². The minimum atomic E-state index is -4.19. The third-order valence-corrected chi connectivity index (χ3v) is 0. The van der Waals surface area contributed by atoms with Gasteiger partial charge in [0.1, 0.15) is 0 Å². The van der Waals surface area contributed by atoms with Crippen molar-refractivity contribution in [2.24, 2.45) is 0 Å². The fourth-order valence-corrected chi connectivity index (χ4v) is 0. The van der Waals surface area contributed by atoms with Crippen LogP contribution in [0.15, 0.2) is 0 Å². The van der Waals surface area contributed by atoms with Gasteiger partial charge in [0.15, 0.2) is 0 Å². The predicted molar refractivity (Wildman–Crippen MR) is 17.4 cm³/mol. The maximum Gasteiger partial charge on any atom is 0.353 e. The van der Waals surface area contributed by atoms with Gasteiger partial charge in [-0.1, -0.05) is 0 Å². The molecule has 0 saturated carbocycles. The molecule has 0 aromatic heterocycles. The van der Waals surface area contributed by atoms with Crippen LogP contribution in [-0.4, -0.2) is 13.0 Å². The SMILES string of the molecule is O=S(=O)(O)Cl.[Ar]. The third-order valence-electron chi connectivity index (χ3n) is 0. The Labute approximate surface area is 69.9 Å². The van der Waals surface area contributed by atoms with E-state index in [2.05, 4.69) is 10.7 Å². The summed E-state index contributed by atoms with van der Waals surface area (Å²) in [5.74, 6) is 0. The summed E-state index contributed by atoms with van der Waals surface area (Å²) >= 11 is 0. The summed E-state index contributed by atoms with van der Waals surface area (Å²) in [4.78, 5) is 0. The summed E-state index contributed by atoms with van der Waals surface area (Å²) in [6.07, 6.45) is 0. The quantitative estimate of drug-likeness (QED) is 0.398. The van der Waals surface area contributed by atoms with Gasteiger partial charge in [-0.05, 0) is 0 Å². The van der Waals surface area contributed by atoms with Gasteiger partial charge in [-0.15, -0.1) is 0 Å². The molecular weight excluding hydrogens is 155 g/mol. The van der Waals surface area contributed by atoms with E-state index in [4.69, 9.17) is 13.0 Å². The monoisotopic (exact) mass is 156 g/mol. The fraction of sp³-hybridized carbons (Fsp3) is 0. The Kier molecular flexibility index (Phi) is 6.02. The van der Waals surface area contributed by atoms with Gasteiger partial charge in [-0.25, -0.2) is 0 Å². The topological polar surface area (TPSA) is 54.4 Å². The molecule has 0 amide bonds. The van der Waals surface area contributed by atoms with Gasteiger partial charge in [0.2, 0.25) is 0 Å². The molecule has 0 rings (SSSR count). The van der Waals surface area contributed by atoms with Crippen molar-refractivity contribution in [3.8, 4) is 0 Å². The van der Waals surface area contributed by atoms with Crippen LogP contribution in [0.4, 0.5) is 0 Å². The largest absolute Gasteiger partial charge is 0.353 e. The first-order valence-electron chi connectivity index (χ1n) is 0.670. The molecule has 0 bridgehead atoms. The molecule has 3 nitrogen and oxygen atoms in total. The summed E-state index contributed by atoms with van der Waals surface area (Å²) < 4.78 is 25.2. The van der Waals surface area contributed by atoms with Crippen LogP contribution in [-0.2, 0) is 9.33 Å². The summed E-state index contributed by atoms with van der Waals surface area (Å²) in [7, 11) is -0.137. The number of hydrogen-bond acceptors (Lipinski definition) is 2. The van der Waals surface area contributed by atoms with Crippen LogP contribution in [0.1, 0.15) is 0 Å². The Bertz CT molecular complexity index is 94.0. The van der Waals surface area contributed by atoms with E-state index in [1.165, 1.54) is 0 Å². The van der Waals surface area contributed by atoms with Crippen LogP contribution < -0.4 is 0 Å². The standard InChI is InChI=1S/Ar.ClHO3S/c;1-5(2,3)4/h;(H,2,3,4). The molecule has 1 N–H and O–H groups in total. The second kappa shape index (κ2) is 3.46. The van der Waals surface area contributed by atoms with E-state index in [1.54, 1.807) is 0 Å². The molecule has 0 aliphatic carbocycles. The molecule has 0 spiro atoms. The van der Waals surface area contributed by atoms with Gasteiger partial charge in [0.25, 0.3) is 0 Å². The smallest absolute Gasteiger partial charge is 0.273 e. The van der Waals surface area contributed by atoms with Crippen molar-refractivity contribution in [1.82, 2.24) is 0 Å². The van der Waals surface area contributed by atoms with Crippen LogP contribution in [0.5, 0.6) is 0 Å². The molecule has 6 heavy (non-hydrogen) atoms. The first-order chi connectivity index (χ1) is 2.00. The maximum atomic E-state index is 8.95. The second-order valence-electron chi connectivity index (χ2n) is 0.412. The zero-order valence-electron chi connectivity index (χ0n) is 2.40. The van der Waals surface area contributed by atoms with E-state index in [-0.39, 0.29) is 37.7 Å². The van der Waals surface area contributed by atoms with Gasteiger partial charge in [-0.2, -0.15) is 8.42 Å². The second-order valence-corrected chi connectivity index (χ2v) is 2.41. The summed E-state index contributed by atoms with van der Waals surface area (Å²) in [6, 6.07) is 0. The fourth-order valence-electron chi connectivity index (χ4n) is 0. The predicted octanol–water partition coefficient (Wildman–Crippen LogP) is 0.0280. The van der Waals surface area contributed by atoms with E-state index < -0.39 is 9.33 Å². The average Bonchev–Trinajstić information content (AvgIpc) is 0.722. The summed E-state index contributed by atoms with van der Waals surface area (Å²) in [5.41, 5.74) is 0. The minimum Gasteiger partial charge on any atom is -0.273 e. The van der Waals surface area contributed by atoms with Gasteiger partial charge < -0.3 is 0 Å². The van der Waals surface area contributed by atoms with E-state index in [1.807, 2.05) is 0 Å². The zero-order chi connectivity index (χ0) is 4.50. The van der Waals surface area contributed by atoms with E-state index in [9.17, 15) is 0 Å². The van der Waals surface area contributed by atoms with Gasteiger partial charge in [-0.3, -0.25) is 4.55 Å². The van der Waals surface area contributed by atoms with Gasteiger partial charge in [0.05, 0.1) is 0 Å². The molecule has 0 atom stereocenters. The first kappa shape index (κ1) is 10.4. The van der Waals surface area contributed by atoms with E-state index in [0.29, 0.717) is 0 Å². The molecule has 0 radical (unpaired) electrons. The summed E-state index contributed by atoms with van der Waals surface area (Å²) in [5, 5.41) is 0. The van der Waals surface area contributed by atoms with Crippen molar-refractivity contribution in [3.05, 3.63) is 0 Å². The van der Waals surface area contributed by atoms with Crippen molar-refractivity contribution < 1.29 is 50.7 Å². The van der Waals surface area contributed by atoms with Crippen LogP contribution in [0, 0.1) is 37.7 Å². The molecule has 0 heterocycles. The van der Waals surface area contributed by atoms with Crippen LogP contribution in [0.25, 0.3) is 0 Å². The molecule has 0 aromatic rings. The van der Waals surface area contributed by atoms with Crippen LogP contribution in [0.3, 0.4) is 0 Å². The molecule has 0 aromatic carbocycles. The normalized spacial score (nSPS) is 9.67. The molecular formula is HArClO3S. The Hall–Kier alpha value is 1.46. The first-order valence-corrected chi connectivity index (χ1v) is 2.94. The number of hydrogen-bond donors (Lipinski definition) is 1. The molecule has 0 aliphatic heterocycles. The maximum absolute atomic E-state index is 8.95. The van der Waals surface area contributed by atoms with Crippen molar-refractivity contribution in [3.63, 3.8) is 0 Å². The van der Waals surface area contributed by atoms with E-state index >= 15 is 0 Å². The number of halogens is 1. The van der Waals surface area contributed by atoms with E-state index in [0.717, 1.165) is 0 Å². The van der Waals surface area contributed by atoms with Crippen LogP contribution >= 0.6 is 10.7 Å². The van der Waals surface area contributed by atoms with Crippen molar-refractivity contribution in [2.45, 2.75) is 0 Å².